The van der Waals surface area contributed by atoms with E-state index in [1.165, 1.54) is 0 Å². The Labute approximate surface area is 124 Å². The van der Waals surface area contributed by atoms with Crippen molar-refractivity contribution in [2.75, 3.05) is 6.61 Å². The molecule has 1 amide bonds. The van der Waals surface area contributed by atoms with Gasteiger partial charge in [-0.1, -0.05) is 24.3 Å². The summed E-state index contributed by atoms with van der Waals surface area (Å²) in [7, 11) is 0. The van der Waals surface area contributed by atoms with Crippen LogP contribution in [-0.2, 0) is 14.3 Å². The average molecular weight is 291 g/mol. The van der Waals surface area contributed by atoms with Crippen molar-refractivity contribution in [1.82, 2.24) is 5.32 Å². The first kappa shape index (κ1) is 15.5. The van der Waals surface area contributed by atoms with Crippen molar-refractivity contribution in [1.29, 1.82) is 0 Å². The van der Waals surface area contributed by atoms with E-state index in [1.54, 1.807) is 0 Å². The molecule has 1 heterocycles. The number of aliphatic carboxylic acids is 1. The molecule has 0 unspecified atom stereocenters. The van der Waals surface area contributed by atoms with Crippen LogP contribution < -0.4 is 5.32 Å². The summed E-state index contributed by atoms with van der Waals surface area (Å²) in [4.78, 5) is 23.1. The second kappa shape index (κ2) is 7.22. The lowest BCUT2D eigenvalue weighted by Gasteiger charge is -2.20. The Morgan fingerprint density at radius 3 is 2.81 bits per heavy atom. The molecule has 0 aromatic heterocycles. The Kier molecular flexibility index (Phi) is 5.33. The summed E-state index contributed by atoms with van der Waals surface area (Å²) in [5, 5.41) is 11.9. The Morgan fingerprint density at radius 2 is 2.19 bits per heavy atom. The van der Waals surface area contributed by atoms with Gasteiger partial charge in [-0.2, -0.15) is 0 Å². The van der Waals surface area contributed by atoms with Gasteiger partial charge in [-0.3, -0.25) is 9.59 Å². The third-order valence-electron chi connectivity index (χ3n) is 3.71. The minimum Gasteiger partial charge on any atom is -0.481 e. The first-order valence-electron chi connectivity index (χ1n) is 7.24. The second-order valence-electron chi connectivity index (χ2n) is 5.41. The molecule has 0 saturated carbocycles. The molecular formula is C16H21NO4. The topological polar surface area (TPSA) is 75.6 Å². The lowest BCUT2D eigenvalue weighted by Crippen LogP contribution is -2.32. The van der Waals surface area contributed by atoms with Crippen molar-refractivity contribution < 1.29 is 19.4 Å². The van der Waals surface area contributed by atoms with Gasteiger partial charge in [0.25, 0.3) is 0 Å². The molecule has 1 aromatic carbocycles. The molecule has 5 heteroatoms. The number of carboxylic acids is 1. The molecule has 0 aliphatic carbocycles. The molecule has 114 valence electrons. The lowest BCUT2D eigenvalue weighted by atomic mass is 9.98. The molecule has 2 rings (SSSR count). The summed E-state index contributed by atoms with van der Waals surface area (Å²) < 4.78 is 5.44. The second-order valence-corrected chi connectivity index (χ2v) is 5.41. The molecular weight excluding hydrogens is 270 g/mol. The van der Waals surface area contributed by atoms with Gasteiger partial charge in [0.15, 0.2) is 0 Å². The predicted octanol–water partition coefficient (Wildman–Crippen LogP) is 2.20. The summed E-state index contributed by atoms with van der Waals surface area (Å²) >= 11 is 0. The van der Waals surface area contributed by atoms with Gasteiger partial charge >= 0.3 is 5.97 Å². The third-order valence-corrected chi connectivity index (χ3v) is 3.71. The summed E-state index contributed by atoms with van der Waals surface area (Å²) in [5.74, 6) is -1.09. The number of hydrogen-bond acceptors (Lipinski definition) is 3. The molecule has 1 aliphatic rings. The molecule has 0 spiro atoms. The molecule has 1 saturated heterocycles. The molecule has 5 nitrogen and oxygen atoms in total. The van der Waals surface area contributed by atoms with Crippen molar-refractivity contribution in [2.45, 2.75) is 44.8 Å². The maximum atomic E-state index is 12.1. The molecule has 1 aliphatic heterocycles. The van der Waals surface area contributed by atoms with Crippen LogP contribution in [0.25, 0.3) is 0 Å². The van der Waals surface area contributed by atoms with Crippen LogP contribution in [0.4, 0.5) is 0 Å². The highest BCUT2D eigenvalue weighted by atomic mass is 16.5. The number of carboxylic acid groups (broad SMARTS) is 1. The van der Waals surface area contributed by atoms with Gasteiger partial charge in [-0.05, 0) is 30.9 Å². The van der Waals surface area contributed by atoms with Gasteiger partial charge in [-0.25, -0.2) is 0 Å². The predicted molar refractivity (Wildman–Crippen MR) is 77.9 cm³/mol. The van der Waals surface area contributed by atoms with Gasteiger partial charge in [-0.15, -0.1) is 0 Å². The van der Waals surface area contributed by atoms with E-state index in [4.69, 9.17) is 9.84 Å². The number of hydrogen-bond donors (Lipinski definition) is 2. The van der Waals surface area contributed by atoms with Crippen LogP contribution in [0.2, 0.25) is 0 Å². The van der Waals surface area contributed by atoms with Gasteiger partial charge < -0.3 is 15.2 Å². The number of carbonyl (C=O) groups excluding carboxylic acids is 1. The Balaban J connectivity index is 2.04. The number of aryl methyl sites for hydroxylation is 1. The number of nitrogens with one attached hydrogen (secondary N) is 1. The maximum Gasteiger partial charge on any atom is 0.305 e. The van der Waals surface area contributed by atoms with E-state index in [1.807, 2.05) is 31.2 Å². The maximum absolute atomic E-state index is 12.1. The van der Waals surface area contributed by atoms with E-state index in [0.717, 1.165) is 24.0 Å². The number of carbonyl (C=O) groups is 2. The van der Waals surface area contributed by atoms with Crippen LogP contribution in [0, 0.1) is 6.92 Å². The van der Waals surface area contributed by atoms with Crippen molar-refractivity contribution in [2.24, 2.45) is 0 Å². The summed E-state index contributed by atoms with van der Waals surface area (Å²) in [6.07, 6.45) is 2.01. The molecule has 1 fully saturated rings. The molecule has 0 radical (unpaired) electrons. The fourth-order valence-corrected chi connectivity index (χ4v) is 2.66. The molecule has 1 aromatic rings. The van der Waals surface area contributed by atoms with E-state index < -0.39 is 12.0 Å². The van der Waals surface area contributed by atoms with Crippen molar-refractivity contribution in [3.8, 4) is 0 Å². The Hall–Kier alpha value is -1.88. The number of benzene rings is 1. The van der Waals surface area contributed by atoms with Crippen LogP contribution in [0.3, 0.4) is 0 Å². The highest BCUT2D eigenvalue weighted by molar-refractivity contribution is 5.78. The largest absolute Gasteiger partial charge is 0.481 e. The van der Waals surface area contributed by atoms with E-state index >= 15 is 0 Å². The third kappa shape index (κ3) is 4.56. The quantitative estimate of drug-likeness (QED) is 0.842. The Bertz CT molecular complexity index is 509. The standard InChI is InChI=1S/C16H21NO4/c1-11-5-2-3-7-13(11)14(10-16(19)20)17-15(18)9-12-6-4-8-21-12/h2-3,5,7,12,14H,4,6,8-10H2,1H3,(H,17,18)(H,19,20)/t12-,14+/m1/s1. The van der Waals surface area contributed by atoms with Gasteiger partial charge in [0.05, 0.1) is 25.0 Å². The highest BCUT2D eigenvalue weighted by Gasteiger charge is 2.23. The van der Waals surface area contributed by atoms with Crippen LogP contribution in [0.1, 0.15) is 42.9 Å². The van der Waals surface area contributed by atoms with Gasteiger partial charge in [0.1, 0.15) is 0 Å². The van der Waals surface area contributed by atoms with E-state index in [2.05, 4.69) is 5.32 Å². The first-order valence-corrected chi connectivity index (χ1v) is 7.24. The first-order chi connectivity index (χ1) is 10.1. The fraction of sp³-hybridized carbons (Fsp3) is 0.500. The molecule has 2 N–H and O–H groups in total. The van der Waals surface area contributed by atoms with Crippen LogP contribution in [0.15, 0.2) is 24.3 Å². The van der Waals surface area contributed by atoms with Gasteiger partial charge in [0.2, 0.25) is 5.91 Å². The SMILES string of the molecule is Cc1ccccc1[C@H](CC(=O)O)NC(=O)C[C@H]1CCCO1. The number of amides is 1. The number of ether oxygens (including phenoxy) is 1. The lowest BCUT2D eigenvalue weighted by molar-refractivity contribution is -0.137. The van der Waals surface area contributed by atoms with Crippen LogP contribution in [0.5, 0.6) is 0 Å². The molecule has 21 heavy (non-hydrogen) atoms. The minimum atomic E-state index is -0.930. The van der Waals surface area contributed by atoms with E-state index in [0.29, 0.717) is 13.0 Å². The monoisotopic (exact) mass is 291 g/mol. The van der Waals surface area contributed by atoms with Crippen LogP contribution >= 0.6 is 0 Å². The average Bonchev–Trinajstić information content (AvgIpc) is 2.90. The zero-order valence-electron chi connectivity index (χ0n) is 12.2. The minimum absolute atomic E-state index is 0.0349. The zero-order chi connectivity index (χ0) is 15.2. The summed E-state index contributed by atoms with van der Waals surface area (Å²) in [6.45, 7) is 2.62. The van der Waals surface area contributed by atoms with E-state index in [9.17, 15) is 9.59 Å². The van der Waals surface area contributed by atoms with Crippen molar-refractivity contribution in [3.63, 3.8) is 0 Å². The van der Waals surface area contributed by atoms with Crippen LogP contribution in [-0.4, -0.2) is 29.7 Å². The highest BCUT2D eigenvalue weighted by Crippen LogP contribution is 2.22. The van der Waals surface area contributed by atoms with Crippen molar-refractivity contribution in [3.05, 3.63) is 35.4 Å². The molecule has 0 bridgehead atoms. The Morgan fingerprint density at radius 1 is 1.43 bits per heavy atom. The molecule has 2 atom stereocenters. The fourth-order valence-electron chi connectivity index (χ4n) is 2.66. The summed E-state index contributed by atoms with van der Waals surface area (Å²) in [5.41, 5.74) is 1.82. The van der Waals surface area contributed by atoms with E-state index in [-0.39, 0.29) is 18.4 Å². The van der Waals surface area contributed by atoms with Crippen molar-refractivity contribution >= 4 is 11.9 Å². The number of rotatable bonds is 6. The normalized spacial score (nSPS) is 19.2. The summed E-state index contributed by atoms with van der Waals surface area (Å²) in [6, 6.07) is 7.01. The smallest absolute Gasteiger partial charge is 0.305 e. The zero-order valence-corrected chi connectivity index (χ0v) is 12.2. The van der Waals surface area contributed by atoms with Gasteiger partial charge in [0, 0.05) is 6.61 Å².